The molecule has 6 heteroatoms. The van der Waals surface area contributed by atoms with Gasteiger partial charge in [-0.1, -0.05) is 23.7 Å². The number of hydrogen-bond donors (Lipinski definition) is 0. The molecule has 112 valence electrons. The van der Waals surface area contributed by atoms with Crippen molar-refractivity contribution in [3.8, 4) is 0 Å². The molecule has 0 aliphatic carbocycles. The maximum atomic E-state index is 6.22. The number of benzene rings is 1. The normalized spacial score (nSPS) is 15.5. The number of anilines is 2. The molecule has 4 rings (SSSR count). The second-order valence-electron chi connectivity index (χ2n) is 5.25. The van der Waals surface area contributed by atoms with Gasteiger partial charge < -0.3 is 14.2 Å². The van der Waals surface area contributed by atoms with Gasteiger partial charge in [0.2, 0.25) is 0 Å². The molecule has 0 amide bonds. The Morgan fingerprint density at radius 3 is 2.50 bits per heavy atom. The van der Waals surface area contributed by atoms with E-state index in [0.717, 1.165) is 43.1 Å². The molecule has 5 nitrogen and oxygen atoms in total. The van der Waals surface area contributed by atoms with Gasteiger partial charge in [0.05, 0.1) is 5.02 Å². The Balaban J connectivity index is 1.51. The van der Waals surface area contributed by atoms with Crippen molar-refractivity contribution in [2.24, 2.45) is 0 Å². The number of para-hydroxylation sites is 2. The Bertz CT molecular complexity index is 762. The fourth-order valence-electron chi connectivity index (χ4n) is 2.71. The summed E-state index contributed by atoms with van der Waals surface area (Å²) in [5, 5.41) is 0.692. The maximum Gasteiger partial charge on any atom is 0.298 e. The molecular weight excluding hydrogens is 300 g/mol. The van der Waals surface area contributed by atoms with Gasteiger partial charge in [-0.25, -0.2) is 4.98 Å². The van der Waals surface area contributed by atoms with E-state index in [1.165, 1.54) is 0 Å². The Morgan fingerprint density at radius 2 is 1.73 bits per heavy atom. The molecule has 1 aromatic carbocycles. The van der Waals surface area contributed by atoms with Crippen molar-refractivity contribution in [1.29, 1.82) is 0 Å². The Labute approximate surface area is 133 Å². The first-order valence-corrected chi connectivity index (χ1v) is 7.65. The van der Waals surface area contributed by atoms with Crippen LogP contribution in [0.25, 0.3) is 11.1 Å². The van der Waals surface area contributed by atoms with Crippen molar-refractivity contribution < 1.29 is 4.42 Å². The van der Waals surface area contributed by atoms with E-state index >= 15 is 0 Å². The quantitative estimate of drug-likeness (QED) is 0.727. The van der Waals surface area contributed by atoms with Crippen molar-refractivity contribution in [2.75, 3.05) is 36.0 Å². The molecule has 0 saturated carbocycles. The summed E-state index contributed by atoms with van der Waals surface area (Å²) in [7, 11) is 0. The monoisotopic (exact) mass is 314 g/mol. The third-order valence-corrected chi connectivity index (χ3v) is 4.17. The first kappa shape index (κ1) is 13.4. The highest BCUT2D eigenvalue weighted by molar-refractivity contribution is 6.32. The zero-order chi connectivity index (χ0) is 14.9. The van der Waals surface area contributed by atoms with Crippen LogP contribution in [0.5, 0.6) is 0 Å². The van der Waals surface area contributed by atoms with E-state index in [0.29, 0.717) is 11.0 Å². The summed E-state index contributed by atoms with van der Waals surface area (Å²) in [6.07, 6.45) is 1.77. The third-order valence-electron chi connectivity index (χ3n) is 3.87. The smallest absolute Gasteiger partial charge is 0.298 e. The van der Waals surface area contributed by atoms with Crippen LogP contribution < -0.4 is 9.80 Å². The molecule has 3 heterocycles. The Kier molecular flexibility index (Phi) is 3.35. The van der Waals surface area contributed by atoms with E-state index in [4.69, 9.17) is 16.0 Å². The largest absolute Gasteiger partial charge is 0.423 e. The number of hydrogen-bond acceptors (Lipinski definition) is 5. The lowest BCUT2D eigenvalue weighted by Crippen LogP contribution is -2.47. The number of pyridine rings is 1. The van der Waals surface area contributed by atoms with Gasteiger partial charge in [-0.2, -0.15) is 4.98 Å². The molecular formula is C16H15ClN4O. The van der Waals surface area contributed by atoms with Crippen molar-refractivity contribution in [1.82, 2.24) is 9.97 Å². The van der Waals surface area contributed by atoms with Gasteiger partial charge in [0.15, 0.2) is 5.58 Å². The van der Waals surface area contributed by atoms with Crippen molar-refractivity contribution in [2.45, 2.75) is 0 Å². The van der Waals surface area contributed by atoms with E-state index in [9.17, 15) is 0 Å². The summed E-state index contributed by atoms with van der Waals surface area (Å²) in [5.41, 5.74) is 1.72. The van der Waals surface area contributed by atoms with E-state index in [1.807, 2.05) is 36.4 Å². The highest BCUT2D eigenvalue weighted by Gasteiger charge is 2.22. The molecule has 2 aromatic heterocycles. The van der Waals surface area contributed by atoms with Gasteiger partial charge in [0.1, 0.15) is 11.3 Å². The van der Waals surface area contributed by atoms with Crippen LogP contribution in [0, 0.1) is 0 Å². The average molecular weight is 315 g/mol. The van der Waals surface area contributed by atoms with Crippen LogP contribution in [-0.2, 0) is 0 Å². The Morgan fingerprint density at radius 1 is 0.955 bits per heavy atom. The van der Waals surface area contributed by atoms with Crippen molar-refractivity contribution in [3.63, 3.8) is 0 Å². The molecule has 1 saturated heterocycles. The standard InChI is InChI=1S/C16H15ClN4O/c17-12-4-3-7-18-15(12)20-8-10-21(11-9-20)16-19-13-5-1-2-6-14(13)22-16/h1-7H,8-11H2. The molecule has 3 aromatic rings. The number of oxazole rings is 1. The Hall–Kier alpha value is -2.27. The zero-order valence-electron chi connectivity index (χ0n) is 11.9. The minimum atomic E-state index is 0.688. The van der Waals surface area contributed by atoms with Gasteiger partial charge in [-0.05, 0) is 24.3 Å². The summed E-state index contributed by atoms with van der Waals surface area (Å²) in [6.45, 7) is 3.35. The topological polar surface area (TPSA) is 45.4 Å². The molecule has 0 bridgehead atoms. The highest BCUT2D eigenvalue weighted by atomic mass is 35.5. The molecule has 0 atom stereocenters. The van der Waals surface area contributed by atoms with Crippen LogP contribution in [0.3, 0.4) is 0 Å². The third kappa shape index (κ3) is 2.37. The fraction of sp³-hybridized carbons (Fsp3) is 0.250. The van der Waals surface area contributed by atoms with Gasteiger partial charge in [0.25, 0.3) is 6.01 Å². The predicted molar refractivity (Wildman–Crippen MR) is 87.7 cm³/mol. The molecule has 0 N–H and O–H groups in total. The van der Waals surface area contributed by atoms with E-state index in [-0.39, 0.29) is 0 Å². The molecule has 0 spiro atoms. The van der Waals surface area contributed by atoms with Crippen molar-refractivity contribution >= 4 is 34.5 Å². The summed E-state index contributed by atoms with van der Waals surface area (Å²) in [4.78, 5) is 13.3. The number of aromatic nitrogens is 2. The molecule has 1 aliphatic heterocycles. The van der Waals surface area contributed by atoms with Gasteiger partial charge in [-0.15, -0.1) is 0 Å². The fourth-order valence-corrected chi connectivity index (χ4v) is 2.96. The van der Waals surface area contributed by atoms with Crippen molar-refractivity contribution in [3.05, 3.63) is 47.6 Å². The summed E-state index contributed by atoms with van der Waals surface area (Å²) in [5.74, 6) is 0.849. The van der Waals surface area contributed by atoms with Gasteiger partial charge in [-0.3, -0.25) is 0 Å². The lowest BCUT2D eigenvalue weighted by atomic mass is 10.3. The summed E-state index contributed by atoms with van der Waals surface area (Å²) < 4.78 is 5.83. The minimum absolute atomic E-state index is 0.688. The molecule has 1 fully saturated rings. The number of rotatable bonds is 2. The van der Waals surface area contributed by atoms with Crippen LogP contribution in [0.4, 0.5) is 11.8 Å². The molecule has 0 radical (unpaired) electrons. The second-order valence-corrected chi connectivity index (χ2v) is 5.65. The maximum absolute atomic E-state index is 6.22. The van der Waals surface area contributed by atoms with Crippen LogP contribution in [-0.4, -0.2) is 36.1 Å². The van der Waals surface area contributed by atoms with Gasteiger partial charge in [0, 0.05) is 32.4 Å². The minimum Gasteiger partial charge on any atom is -0.423 e. The first-order valence-electron chi connectivity index (χ1n) is 7.27. The number of halogens is 1. The SMILES string of the molecule is Clc1cccnc1N1CCN(c2nc3ccccc3o2)CC1. The van der Waals surface area contributed by atoms with E-state index < -0.39 is 0 Å². The molecule has 22 heavy (non-hydrogen) atoms. The molecule has 1 aliphatic rings. The number of nitrogens with zero attached hydrogens (tertiary/aromatic N) is 4. The summed E-state index contributed by atoms with van der Waals surface area (Å²) in [6, 6.07) is 12.2. The van der Waals surface area contributed by atoms with Gasteiger partial charge >= 0.3 is 0 Å². The molecule has 0 unspecified atom stereocenters. The van der Waals surface area contributed by atoms with E-state index in [1.54, 1.807) is 6.20 Å². The second kappa shape index (κ2) is 5.50. The number of piperazine rings is 1. The first-order chi connectivity index (χ1) is 10.8. The predicted octanol–water partition coefficient (Wildman–Crippen LogP) is 3.20. The lowest BCUT2D eigenvalue weighted by molar-refractivity contribution is 0.540. The lowest BCUT2D eigenvalue weighted by Gasteiger charge is -2.34. The van der Waals surface area contributed by atoms with Crippen LogP contribution in [0.1, 0.15) is 0 Å². The van der Waals surface area contributed by atoms with E-state index in [2.05, 4.69) is 19.8 Å². The van der Waals surface area contributed by atoms with Crippen LogP contribution in [0.15, 0.2) is 47.0 Å². The average Bonchev–Trinajstić information content (AvgIpc) is 2.99. The number of fused-ring (bicyclic) bond motifs is 1. The zero-order valence-corrected chi connectivity index (χ0v) is 12.7. The highest BCUT2D eigenvalue weighted by Crippen LogP contribution is 2.26. The van der Waals surface area contributed by atoms with Crippen LogP contribution in [0.2, 0.25) is 5.02 Å². The summed E-state index contributed by atoms with van der Waals surface area (Å²) >= 11 is 6.22. The van der Waals surface area contributed by atoms with Crippen LogP contribution >= 0.6 is 11.6 Å².